The second kappa shape index (κ2) is 7.27. The Kier molecular flexibility index (Phi) is 5.62. The van der Waals surface area contributed by atoms with Crippen LogP contribution in [-0.2, 0) is 6.54 Å². The summed E-state index contributed by atoms with van der Waals surface area (Å²) in [7, 11) is 2.14. The van der Waals surface area contributed by atoms with Crippen molar-refractivity contribution in [3.63, 3.8) is 0 Å². The van der Waals surface area contributed by atoms with Gasteiger partial charge in [0, 0.05) is 24.0 Å². The van der Waals surface area contributed by atoms with Crippen LogP contribution in [0.1, 0.15) is 24.0 Å². The summed E-state index contributed by atoms with van der Waals surface area (Å²) in [6, 6.07) is 8.27. The predicted octanol–water partition coefficient (Wildman–Crippen LogP) is 2.71. The van der Waals surface area contributed by atoms with Crippen LogP contribution in [0.3, 0.4) is 0 Å². The number of benzene rings is 1. The number of nitrogens with zero attached hydrogens (tertiary/aromatic N) is 1. The van der Waals surface area contributed by atoms with Gasteiger partial charge in [0.1, 0.15) is 5.58 Å². The summed E-state index contributed by atoms with van der Waals surface area (Å²) >= 11 is 0. The van der Waals surface area contributed by atoms with E-state index in [0.29, 0.717) is 11.6 Å². The van der Waals surface area contributed by atoms with Crippen LogP contribution in [0.15, 0.2) is 33.5 Å². The van der Waals surface area contributed by atoms with Gasteiger partial charge in [-0.1, -0.05) is 12.1 Å². The smallest absolute Gasteiger partial charge is 0.336 e. The highest BCUT2D eigenvalue weighted by molar-refractivity contribution is 5.85. The van der Waals surface area contributed by atoms with Gasteiger partial charge < -0.3 is 9.73 Å². The van der Waals surface area contributed by atoms with E-state index in [4.69, 9.17) is 4.42 Å². The van der Waals surface area contributed by atoms with E-state index in [1.165, 1.54) is 0 Å². The lowest BCUT2D eigenvalue weighted by Gasteiger charge is -2.31. The zero-order valence-corrected chi connectivity index (χ0v) is 13.9. The Balaban J connectivity index is 0.00000176. The molecule has 1 aliphatic heterocycles. The fourth-order valence-electron chi connectivity index (χ4n) is 3.11. The minimum Gasteiger partial charge on any atom is -0.423 e. The van der Waals surface area contributed by atoms with Gasteiger partial charge in [0.2, 0.25) is 0 Å². The molecule has 0 atom stereocenters. The molecule has 0 spiro atoms. The largest absolute Gasteiger partial charge is 0.423 e. The molecule has 1 aliphatic rings. The number of nitrogens with one attached hydrogen (secondary N) is 1. The summed E-state index contributed by atoms with van der Waals surface area (Å²) in [6.45, 7) is 4.95. The van der Waals surface area contributed by atoms with E-state index < -0.39 is 0 Å². The first-order valence-corrected chi connectivity index (χ1v) is 7.58. The van der Waals surface area contributed by atoms with Crippen LogP contribution in [0.25, 0.3) is 11.0 Å². The van der Waals surface area contributed by atoms with Gasteiger partial charge in [-0.05, 0) is 57.1 Å². The van der Waals surface area contributed by atoms with E-state index in [1.807, 2.05) is 13.0 Å². The molecule has 120 valence electrons. The first-order chi connectivity index (χ1) is 10.1. The first-order valence-electron chi connectivity index (χ1n) is 7.58. The standard InChI is InChI=1S/C17H22N2O2.ClH/c1-12-3-4-15-13(10-17(20)21-16(15)9-12)11-19(2)14-5-7-18-8-6-14;/h3-4,9-10,14,18H,5-8,11H2,1-2H3;1H. The summed E-state index contributed by atoms with van der Waals surface area (Å²) in [5, 5.41) is 4.43. The van der Waals surface area contributed by atoms with E-state index in [9.17, 15) is 4.79 Å². The summed E-state index contributed by atoms with van der Waals surface area (Å²) in [5.74, 6) is 0. The molecule has 0 bridgehead atoms. The topological polar surface area (TPSA) is 45.5 Å². The minimum atomic E-state index is -0.262. The van der Waals surface area contributed by atoms with Crippen LogP contribution in [0.5, 0.6) is 0 Å². The van der Waals surface area contributed by atoms with Crippen LogP contribution in [0, 0.1) is 6.92 Å². The molecule has 1 N–H and O–H groups in total. The molecule has 1 aromatic carbocycles. The molecule has 3 rings (SSSR count). The van der Waals surface area contributed by atoms with Crippen molar-refractivity contribution in [2.45, 2.75) is 32.4 Å². The van der Waals surface area contributed by atoms with Gasteiger partial charge in [0.05, 0.1) is 0 Å². The number of aryl methyl sites for hydroxylation is 1. The van der Waals surface area contributed by atoms with Crippen molar-refractivity contribution < 1.29 is 4.42 Å². The normalized spacial score (nSPS) is 16.0. The zero-order valence-electron chi connectivity index (χ0n) is 13.1. The zero-order chi connectivity index (χ0) is 14.8. The Bertz CT molecular complexity index is 693. The monoisotopic (exact) mass is 322 g/mol. The molecule has 0 aliphatic carbocycles. The van der Waals surface area contributed by atoms with Crippen molar-refractivity contribution >= 4 is 23.4 Å². The fraction of sp³-hybridized carbons (Fsp3) is 0.471. The van der Waals surface area contributed by atoms with Gasteiger partial charge in [0.25, 0.3) is 0 Å². The third kappa shape index (κ3) is 3.69. The van der Waals surface area contributed by atoms with E-state index >= 15 is 0 Å². The van der Waals surface area contributed by atoms with Crippen LogP contribution in [0.4, 0.5) is 0 Å². The van der Waals surface area contributed by atoms with E-state index in [1.54, 1.807) is 6.07 Å². The van der Waals surface area contributed by atoms with Crippen molar-refractivity contribution in [2.75, 3.05) is 20.1 Å². The molecule has 1 aromatic heterocycles. The molecule has 0 unspecified atom stereocenters. The van der Waals surface area contributed by atoms with Gasteiger partial charge >= 0.3 is 5.63 Å². The van der Waals surface area contributed by atoms with Crippen molar-refractivity contribution in [3.05, 3.63) is 45.8 Å². The second-order valence-electron chi connectivity index (χ2n) is 5.99. The fourth-order valence-corrected chi connectivity index (χ4v) is 3.11. The Morgan fingerprint density at radius 3 is 2.73 bits per heavy atom. The number of fused-ring (bicyclic) bond motifs is 1. The summed E-state index contributed by atoms with van der Waals surface area (Å²) in [5.41, 5.74) is 2.59. The molecular formula is C17H23ClN2O2. The van der Waals surface area contributed by atoms with Gasteiger partial charge in [0.15, 0.2) is 0 Å². The molecule has 22 heavy (non-hydrogen) atoms. The molecule has 2 heterocycles. The maximum atomic E-state index is 11.8. The molecule has 2 aromatic rings. The molecule has 1 fully saturated rings. The van der Waals surface area contributed by atoms with Gasteiger partial charge in [-0.3, -0.25) is 4.90 Å². The average molecular weight is 323 g/mol. The van der Waals surface area contributed by atoms with E-state index in [-0.39, 0.29) is 18.0 Å². The van der Waals surface area contributed by atoms with Crippen molar-refractivity contribution in [2.24, 2.45) is 0 Å². The molecule has 0 amide bonds. The lowest BCUT2D eigenvalue weighted by Crippen LogP contribution is -2.40. The number of hydrogen-bond donors (Lipinski definition) is 1. The number of halogens is 1. The maximum Gasteiger partial charge on any atom is 0.336 e. The van der Waals surface area contributed by atoms with Gasteiger partial charge in [-0.15, -0.1) is 12.4 Å². The number of rotatable bonds is 3. The van der Waals surface area contributed by atoms with Crippen LogP contribution >= 0.6 is 12.4 Å². The molecule has 1 saturated heterocycles. The highest BCUT2D eigenvalue weighted by Gasteiger charge is 2.18. The molecule has 0 radical (unpaired) electrons. The highest BCUT2D eigenvalue weighted by Crippen LogP contribution is 2.21. The highest BCUT2D eigenvalue weighted by atomic mass is 35.5. The SMILES string of the molecule is Cc1ccc2c(CN(C)C3CCNCC3)cc(=O)oc2c1.Cl. The summed E-state index contributed by atoms with van der Waals surface area (Å²) < 4.78 is 5.33. The molecular weight excluding hydrogens is 300 g/mol. The maximum absolute atomic E-state index is 11.8. The Hall–Kier alpha value is -1.36. The first kappa shape index (κ1) is 17.0. The third-order valence-corrected chi connectivity index (χ3v) is 4.34. The average Bonchev–Trinajstić information content (AvgIpc) is 2.47. The Morgan fingerprint density at radius 2 is 2.00 bits per heavy atom. The Labute approximate surface area is 136 Å². The predicted molar refractivity (Wildman–Crippen MR) is 91.8 cm³/mol. The lowest BCUT2D eigenvalue weighted by atomic mass is 10.0. The van der Waals surface area contributed by atoms with Gasteiger partial charge in [-0.2, -0.15) is 0 Å². The van der Waals surface area contributed by atoms with Crippen LogP contribution in [0.2, 0.25) is 0 Å². The summed E-state index contributed by atoms with van der Waals surface area (Å²) in [6.07, 6.45) is 2.32. The molecule has 5 heteroatoms. The quantitative estimate of drug-likeness (QED) is 0.883. The molecule has 0 saturated carbocycles. The Morgan fingerprint density at radius 1 is 1.27 bits per heavy atom. The molecule has 4 nitrogen and oxygen atoms in total. The third-order valence-electron chi connectivity index (χ3n) is 4.34. The number of hydrogen-bond acceptors (Lipinski definition) is 4. The summed E-state index contributed by atoms with van der Waals surface area (Å²) in [4.78, 5) is 14.1. The van der Waals surface area contributed by atoms with Crippen LogP contribution in [-0.4, -0.2) is 31.1 Å². The van der Waals surface area contributed by atoms with Crippen molar-refractivity contribution in [1.29, 1.82) is 0 Å². The number of piperidine rings is 1. The minimum absolute atomic E-state index is 0. The van der Waals surface area contributed by atoms with Gasteiger partial charge in [-0.25, -0.2) is 4.79 Å². The lowest BCUT2D eigenvalue weighted by molar-refractivity contribution is 0.192. The van der Waals surface area contributed by atoms with Crippen LogP contribution < -0.4 is 10.9 Å². The second-order valence-corrected chi connectivity index (χ2v) is 5.99. The van der Waals surface area contributed by atoms with Crippen molar-refractivity contribution in [3.8, 4) is 0 Å². The van der Waals surface area contributed by atoms with Crippen molar-refractivity contribution in [1.82, 2.24) is 10.2 Å². The van der Waals surface area contributed by atoms with E-state index in [0.717, 1.165) is 49.0 Å². The van der Waals surface area contributed by atoms with E-state index in [2.05, 4.69) is 29.4 Å².